The fourth-order valence-corrected chi connectivity index (χ4v) is 2.22. The van der Waals surface area contributed by atoms with Crippen LogP contribution in [0.4, 0.5) is 5.69 Å². The molecule has 0 radical (unpaired) electrons. The van der Waals surface area contributed by atoms with E-state index < -0.39 is 0 Å². The Bertz CT molecular complexity index is 656. The molecule has 2 rings (SSSR count). The van der Waals surface area contributed by atoms with Gasteiger partial charge in [-0.3, -0.25) is 9.48 Å². The average molecular weight is 323 g/mol. The molecular weight excluding hydrogens is 308 g/mol. The second-order valence-electron chi connectivity index (χ2n) is 4.48. The number of hydrogen-bond acceptors (Lipinski definition) is 3. The highest BCUT2D eigenvalue weighted by Crippen LogP contribution is 2.15. The summed E-state index contributed by atoms with van der Waals surface area (Å²) in [4.78, 5) is 12.2. The number of nitrogens with zero attached hydrogens (tertiary/aromatic N) is 2. The fourth-order valence-electron chi connectivity index (χ4n) is 1.88. The third kappa shape index (κ3) is 4.54. The number of nitrogens with two attached hydrogens (primary N) is 1. The maximum absolute atomic E-state index is 11.9. The van der Waals surface area contributed by atoms with Gasteiger partial charge in [0.05, 0.1) is 16.9 Å². The lowest BCUT2D eigenvalue weighted by Crippen LogP contribution is -2.17. The molecule has 3 N–H and O–H groups in total. The largest absolute Gasteiger partial charge is 0.389 e. The number of carbonyl (C=O) groups excluding carboxylic acids is 1. The van der Waals surface area contributed by atoms with Crippen LogP contribution >= 0.6 is 23.8 Å². The number of anilines is 1. The number of aryl methyl sites for hydroxylation is 1. The lowest BCUT2D eigenvalue weighted by molar-refractivity contribution is -0.116. The molecule has 0 spiro atoms. The monoisotopic (exact) mass is 322 g/mol. The standard InChI is InChI=1S/C14H15ClN4OS/c15-10-8-17-19(9-10)7-3-6-13(20)18-12-5-2-1-4-11(12)14(16)21/h1-2,4-5,8-9H,3,6-7H2,(H2,16,21)(H,18,20). The van der Waals surface area contributed by atoms with Crippen molar-refractivity contribution >= 4 is 40.4 Å². The minimum Gasteiger partial charge on any atom is -0.389 e. The molecule has 21 heavy (non-hydrogen) atoms. The van der Waals surface area contributed by atoms with E-state index in [9.17, 15) is 4.79 Å². The second-order valence-corrected chi connectivity index (χ2v) is 5.36. The predicted molar refractivity (Wildman–Crippen MR) is 87.4 cm³/mol. The molecule has 0 aliphatic rings. The number of benzene rings is 1. The van der Waals surface area contributed by atoms with Crippen molar-refractivity contribution in [1.29, 1.82) is 0 Å². The third-order valence-corrected chi connectivity index (χ3v) is 3.27. The van der Waals surface area contributed by atoms with Gasteiger partial charge < -0.3 is 11.1 Å². The number of para-hydroxylation sites is 1. The molecule has 0 fully saturated rings. The van der Waals surface area contributed by atoms with Crippen LogP contribution in [-0.2, 0) is 11.3 Å². The van der Waals surface area contributed by atoms with Crippen molar-refractivity contribution in [1.82, 2.24) is 9.78 Å². The summed E-state index contributed by atoms with van der Waals surface area (Å²) in [6, 6.07) is 7.21. The van der Waals surface area contributed by atoms with E-state index in [0.29, 0.717) is 35.7 Å². The Hall–Kier alpha value is -1.92. The summed E-state index contributed by atoms with van der Waals surface area (Å²) < 4.78 is 1.71. The Kier molecular flexibility index (Phi) is 5.30. The van der Waals surface area contributed by atoms with Gasteiger partial charge in [-0.25, -0.2) is 0 Å². The molecule has 7 heteroatoms. The van der Waals surface area contributed by atoms with E-state index >= 15 is 0 Å². The molecule has 0 saturated carbocycles. The van der Waals surface area contributed by atoms with Crippen LogP contribution in [0.5, 0.6) is 0 Å². The van der Waals surface area contributed by atoms with Gasteiger partial charge in [0.15, 0.2) is 0 Å². The smallest absolute Gasteiger partial charge is 0.224 e. The lowest BCUT2D eigenvalue weighted by Gasteiger charge is -2.09. The zero-order valence-corrected chi connectivity index (χ0v) is 12.8. The third-order valence-electron chi connectivity index (χ3n) is 2.86. The van der Waals surface area contributed by atoms with Gasteiger partial charge in [0.1, 0.15) is 4.99 Å². The highest BCUT2D eigenvalue weighted by molar-refractivity contribution is 7.80. The van der Waals surface area contributed by atoms with Gasteiger partial charge in [-0.1, -0.05) is 36.0 Å². The Balaban J connectivity index is 1.86. The van der Waals surface area contributed by atoms with Crippen molar-refractivity contribution in [2.45, 2.75) is 19.4 Å². The molecule has 1 aromatic carbocycles. The van der Waals surface area contributed by atoms with E-state index in [0.717, 1.165) is 0 Å². The van der Waals surface area contributed by atoms with Crippen molar-refractivity contribution in [2.75, 3.05) is 5.32 Å². The molecule has 0 unspecified atom stereocenters. The summed E-state index contributed by atoms with van der Waals surface area (Å²) >= 11 is 10.7. The van der Waals surface area contributed by atoms with E-state index in [1.807, 2.05) is 12.1 Å². The summed E-state index contributed by atoms with van der Waals surface area (Å²) in [7, 11) is 0. The van der Waals surface area contributed by atoms with Gasteiger partial charge in [-0.2, -0.15) is 5.10 Å². The van der Waals surface area contributed by atoms with Gasteiger partial charge in [-0.15, -0.1) is 0 Å². The molecule has 2 aromatic rings. The zero-order valence-electron chi connectivity index (χ0n) is 11.3. The van der Waals surface area contributed by atoms with E-state index in [4.69, 9.17) is 29.6 Å². The number of aromatic nitrogens is 2. The molecule has 5 nitrogen and oxygen atoms in total. The first-order valence-corrected chi connectivity index (χ1v) is 7.21. The Labute approximate surface area is 133 Å². The number of amides is 1. The summed E-state index contributed by atoms with van der Waals surface area (Å²) in [6.07, 6.45) is 4.34. The summed E-state index contributed by atoms with van der Waals surface area (Å²) in [5, 5.41) is 7.46. The molecule has 0 saturated heterocycles. The van der Waals surface area contributed by atoms with Crippen molar-refractivity contribution < 1.29 is 4.79 Å². The van der Waals surface area contributed by atoms with Crippen LogP contribution in [0.2, 0.25) is 5.02 Å². The molecular formula is C14H15ClN4OS. The summed E-state index contributed by atoms with van der Waals surface area (Å²) in [6.45, 7) is 0.636. The van der Waals surface area contributed by atoms with Crippen molar-refractivity contribution in [3.8, 4) is 0 Å². The highest BCUT2D eigenvalue weighted by atomic mass is 35.5. The van der Waals surface area contributed by atoms with E-state index in [-0.39, 0.29) is 10.9 Å². The van der Waals surface area contributed by atoms with E-state index in [1.54, 1.807) is 29.2 Å². The van der Waals surface area contributed by atoms with Crippen LogP contribution < -0.4 is 11.1 Å². The number of halogens is 1. The molecule has 1 amide bonds. The number of thiocarbonyl (C=S) groups is 1. The van der Waals surface area contributed by atoms with Crippen LogP contribution in [0.25, 0.3) is 0 Å². The van der Waals surface area contributed by atoms with E-state index in [2.05, 4.69) is 10.4 Å². The zero-order chi connectivity index (χ0) is 15.2. The number of hydrogen-bond donors (Lipinski definition) is 2. The van der Waals surface area contributed by atoms with E-state index in [1.165, 1.54) is 0 Å². The minimum absolute atomic E-state index is 0.0862. The van der Waals surface area contributed by atoms with Crippen LogP contribution in [-0.4, -0.2) is 20.7 Å². The van der Waals surface area contributed by atoms with Crippen molar-refractivity contribution in [3.05, 3.63) is 47.2 Å². The lowest BCUT2D eigenvalue weighted by atomic mass is 10.1. The Morgan fingerprint density at radius 3 is 2.86 bits per heavy atom. The van der Waals surface area contributed by atoms with Gasteiger partial charge in [0.25, 0.3) is 0 Å². The van der Waals surface area contributed by atoms with Crippen LogP contribution in [0.3, 0.4) is 0 Å². The summed E-state index contributed by atoms with van der Waals surface area (Å²) in [5.74, 6) is -0.0862. The minimum atomic E-state index is -0.0862. The first-order chi connectivity index (χ1) is 10.1. The number of carbonyl (C=O) groups is 1. The first-order valence-electron chi connectivity index (χ1n) is 6.43. The Morgan fingerprint density at radius 2 is 2.19 bits per heavy atom. The van der Waals surface area contributed by atoms with Crippen LogP contribution in [0.15, 0.2) is 36.7 Å². The molecule has 1 heterocycles. The maximum atomic E-state index is 11.9. The highest BCUT2D eigenvalue weighted by Gasteiger charge is 2.08. The Morgan fingerprint density at radius 1 is 1.43 bits per heavy atom. The fraction of sp³-hybridized carbons (Fsp3) is 0.214. The molecule has 0 aliphatic carbocycles. The average Bonchev–Trinajstić information content (AvgIpc) is 2.85. The van der Waals surface area contributed by atoms with Crippen molar-refractivity contribution in [2.24, 2.45) is 5.73 Å². The van der Waals surface area contributed by atoms with Gasteiger partial charge >= 0.3 is 0 Å². The van der Waals surface area contributed by atoms with Gasteiger partial charge in [-0.05, 0) is 18.6 Å². The maximum Gasteiger partial charge on any atom is 0.224 e. The topological polar surface area (TPSA) is 72.9 Å². The number of rotatable bonds is 6. The molecule has 0 atom stereocenters. The van der Waals surface area contributed by atoms with Gasteiger partial charge in [0.2, 0.25) is 5.91 Å². The van der Waals surface area contributed by atoms with Crippen LogP contribution in [0.1, 0.15) is 18.4 Å². The van der Waals surface area contributed by atoms with Gasteiger partial charge in [0, 0.05) is 24.7 Å². The summed E-state index contributed by atoms with van der Waals surface area (Å²) in [5.41, 5.74) is 6.93. The first kappa shape index (κ1) is 15.5. The molecule has 110 valence electrons. The van der Waals surface area contributed by atoms with Crippen LogP contribution in [0, 0.1) is 0 Å². The van der Waals surface area contributed by atoms with Crippen molar-refractivity contribution in [3.63, 3.8) is 0 Å². The normalized spacial score (nSPS) is 10.3. The molecule has 1 aromatic heterocycles. The number of nitrogens with one attached hydrogen (secondary N) is 1. The quantitative estimate of drug-likeness (QED) is 0.802. The predicted octanol–water partition coefficient (Wildman–Crippen LogP) is 2.59. The molecule has 0 aliphatic heterocycles. The SMILES string of the molecule is NC(=S)c1ccccc1NC(=O)CCCn1cc(Cl)cn1. The second kappa shape index (κ2) is 7.19. The molecule has 0 bridgehead atoms.